The molecule has 64 heavy (non-hydrogen) atoms. The zero-order chi connectivity index (χ0) is 42.7. The minimum Gasteiger partial charge on any atom is -0.308 e. The first kappa shape index (κ1) is 37.7. The smallest absolute Gasteiger partial charge is 0.166 e. The maximum atomic E-state index is 5.38. The van der Waals surface area contributed by atoms with Crippen LogP contribution in [0.4, 0.5) is 0 Å². The summed E-state index contributed by atoms with van der Waals surface area (Å²) < 4.78 is 4.98. The molecule has 302 valence electrons. The number of fused-ring (bicyclic) bond motifs is 6. The van der Waals surface area contributed by atoms with Crippen molar-refractivity contribution in [2.45, 2.75) is 13.8 Å². The molecule has 0 saturated heterocycles. The van der Waals surface area contributed by atoms with E-state index in [0.717, 1.165) is 50.1 Å². The van der Waals surface area contributed by atoms with Crippen molar-refractivity contribution in [3.63, 3.8) is 0 Å². The Bertz CT molecular complexity index is 3590. The van der Waals surface area contributed by atoms with E-state index in [1.807, 2.05) is 47.7 Å². The molecular weight excluding hydrogens is 797 g/mol. The number of thiophene rings is 1. The van der Waals surface area contributed by atoms with Crippen LogP contribution >= 0.6 is 11.3 Å². The maximum absolute atomic E-state index is 5.38. The van der Waals surface area contributed by atoms with E-state index in [2.05, 4.69) is 188 Å². The number of benzene rings is 9. The summed E-state index contributed by atoms with van der Waals surface area (Å²) in [5.41, 5.74) is 15.4. The lowest BCUT2D eigenvalue weighted by Gasteiger charge is -2.17. The summed E-state index contributed by atoms with van der Waals surface area (Å²) >= 11 is 1.84. The van der Waals surface area contributed by atoms with Crippen LogP contribution in [0, 0.1) is 13.8 Å². The fourth-order valence-electron chi connectivity index (χ4n) is 9.27. The number of aryl methyl sites for hydroxylation is 2. The molecule has 0 N–H and O–H groups in total. The van der Waals surface area contributed by atoms with Crippen LogP contribution in [0.1, 0.15) is 11.1 Å². The largest absolute Gasteiger partial charge is 0.308 e. The summed E-state index contributed by atoms with van der Waals surface area (Å²) in [7, 11) is 0. The summed E-state index contributed by atoms with van der Waals surface area (Å²) in [6.45, 7) is 4.31. The second-order valence-electron chi connectivity index (χ2n) is 16.6. The Morgan fingerprint density at radius 1 is 0.344 bits per heavy atom. The van der Waals surface area contributed by atoms with Gasteiger partial charge in [-0.3, -0.25) is 0 Å². The molecule has 0 saturated carbocycles. The van der Waals surface area contributed by atoms with Gasteiger partial charge in [-0.05, 0) is 77.6 Å². The van der Waals surface area contributed by atoms with Gasteiger partial charge in [0.05, 0.1) is 16.7 Å². The molecule has 0 radical (unpaired) electrons. The van der Waals surface area contributed by atoms with Crippen molar-refractivity contribution in [2.75, 3.05) is 0 Å². The molecule has 0 fully saturated rings. The first-order chi connectivity index (χ1) is 31.5. The zero-order valence-corrected chi connectivity index (χ0v) is 36.1. The van der Waals surface area contributed by atoms with Crippen molar-refractivity contribution >= 4 is 53.3 Å². The van der Waals surface area contributed by atoms with Gasteiger partial charge in [-0.2, -0.15) is 0 Å². The van der Waals surface area contributed by atoms with Gasteiger partial charge >= 0.3 is 0 Å². The Balaban J connectivity index is 1.19. The van der Waals surface area contributed by atoms with Crippen LogP contribution in [0.15, 0.2) is 206 Å². The van der Waals surface area contributed by atoms with Crippen molar-refractivity contribution < 1.29 is 0 Å². The third kappa shape index (κ3) is 6.57. The molecule has 0 atom stereocenters. The predicted molar refractivity (Wildman–Crippen MR) is 269 cm³/mol. The monoisotopic (exact) mass is 836 g/mol. The predicted octanol–water partition coefficient (Wildman–Crippen LogP) is 16.0. The van der Waals surface area contributed by atoms with Gasteiger partial charge in [-0.15, -0.1) is 11.3 Å². The van der Waals surface area contributed by atoms with Crippen LogP contribution in [0.5, 0.6) is 0 Å². The highest BCUT2D eigenvalue weighted by Gasteiger charge is 2.22. The van der Waals surface area contributed by atoms with E-state index < -0.39 is 0 Å². The van der Waals surface area contributed by atoms with Gasteiger partial charge in [0.25, 0.3) is 0 Å². The molecule has 12 aromatic rings. The van der Waals surface area contributed by atoms with Crippen molar-refractivity contribution in [2.24, 2.45) is 0 Å². The standard InChI is InChI=1S/C59H40N4S/c1-37-14-11-20-41(32-37)43-26-29-47-48-30-27-44(42-21-12-15-38(2)33-42)36-54(48)63(53(47)35-43)52-31-28-45(46-23-13-24-50-49-22-9-10-25-55(49)64-56(46)50)34-51(52)59-61-57(39-16-5-3-6-17-39)60-58(62-59)40-18-7-4-8-19-40/h3-36H,1-2H3. The van der Waals surface area contributed by atoms with Gasteiger partial charge in [0, 0.05) is 47.6 Å². The number of nitrogens with zero attached hydrogens (tertiary/aromatic N) is 4. The topological polar surface area (TPSA) is 43.6 Å². The van der Waals surface area contributed by atoms with Gasteiger partial charge in [0.2, 0.25) is 0 Å². The fourth-order valence-corrected chi connectivity index (χ4v) is 10.5. The molecule has 0 aliphatic heterocycles. The summed E-state index contributed by atoms with van der Waals surface area (Å²) in [6.07, 6.45) is 0. The van der Waals surface area contributed by atoms with Crippen molar-refractivity contribution in [1.29, 1.82) is 0 Å². The summed E-state index contributed by atoms with van der Waals surface area (Å²) in [4.78, 5) is 15.9. The lowest BCUT2D eigenvalue weighted by molar-refractivity contribution is 1.06. The second kappa shape index (κ2) is 15.4. The van der Waals surface area contributed by atoms with Crippen LogP contribution in [0.3, 0.4) is 0 Å². The number of rotatable bonds is 7. The Hall–Kier alpha value is -7.99. The van der Waals surface area contributed by atoms with Gasteiger partial charge in [0.1, 0.15) is 0 Å². The van der Waals surface area contributed by atoms with Crippen molar-refractivity contribution in [3.05, 3.63) is 217 Å². The van der Waals surface area contributed by atoms with E-state index in [9.17, 15) is 0 Å². The normalized spacial score (nSPS) is 11.6. The third-order valence-corrected chi connectivity index (χ3v) is 13.6. The highest BCUT2D eigenvalue weighted by molar-refractivity contribution is 7.26. The second-order valence-corrected chi connectivity index (χ2v) is 17.6. The van der Waals surface area contributed by atoms with E-state index in [4.69, 9.17) is 15.0 Å². The average molecular weight is 837 g/mol. The van der Waals surface area contributed by atoms with Gasteiger partial charge < -0.3 is 4.57 Å². The Morgan fingerprint density at radius 3 is 1.45 bits per heavy atom. The Morgan fingerprint density at radius 2 is 0.844 bits per heavy atom. The summed E-state index contributed by atoms with van der Waals surface area (Å²) in [5, 5.41) is 4.89. The highest BCUT2D eigenvalue weighted by Crippen LogP contribution is 2.44. The molecule has 0 aliphatic carbocycles. The van der Waals surface area contributed by atoms with E-state index in [1.165, 1.54) is 58.8 Å². The van der Waals surface area contributed by atoms with Crippen molar-refractivity contribution in [1.82, 2.24) is 19.5 Å². The maximum Gasteiger partial charge on any atom is 0.166 e. The lowest BCUT2D eigenvalue weighted by atomic mass is 9.99. The summed E-state index contributed by atoms with van der Waals surface area (Å²) in [6, 6.07) is 74.0. The Kier molecular flexibility index (Phi) is 9.09. The summed E-state index contributed by atoms with van der Waals surface area (Å²) in [5.74, 6) is 1.85. The fraction of sp³-hybridized carbons (Fsp3) is 0.0339. The quantitative estimate of drug-likeness (QED) is 0.161. The number of hydrogen-bond donors (Lipinski definition) is 0. The van der Waals surface area contributed by atoms with Crippen LogP contribution < -0.4 is 0 Å². The first-order valence-electron chi connectivity index (χ1n) is 21.7. The molecule has 0 amide bonds. The van der Waals surface area contributed by atoms with Gasteiger partial charge in [-0.25, -0.2) is 15.0 Å². The molecule has 0 unspecified atom stereocenters. The van der Waals surface area contributed by atoms with Crippen molar-refractivity contribution in [3.8, 4) is 73.2 Å². The van der Waals surface area contributed by atoms with E-state index >= 15 is 0 Å². The minimum atomic E-state index is 0.604. The van der Waals surface area contributed by atoms with Crippen LogP contribution in [0.2, 0.25) is 0 Å². The highest BCUT2D eigenvalue weighted by atomic mass is 32.1. The Labute approximate surface area is 375 Å². The van der Waals surface area contributed by atoms with Gasteiger partial charge in [0.15, 0.2) is 17.5 Å². The molecule has 9 aromatic carbocycles. The van der Waals surface area contributed by atoms with Crippen LogP contribution in [0.25, 0.3) is 115 Å². The van der Waals surface area contributed by atoms with Crippen LogP contribution in [-0.2, 0) is 0 Å². The minimum absolute atomic E-state index is 0.604. The average Bonchev–Trinajstić information content (AvgIpc) is 3.89. The third-order valence-electron chi connectivity index (χ3n) is 12.4. The first-order valence-corrected chi connectivity index (χ1v) is 22.5. The molecule has 12 rings (SSSR count). The molecule has 3 aromatic heterocycles. The van der Waals surface area contributed by atoms with E-state index in [1.54, 1.807) is 0 Å². The molecular formula is C59H40N4S. The molecule has 5 heteroatoms. The molecule has 4 nitrogen and oxygen atoms in total. The van der Waals surface area contributed by atoms with E-state index in [-0.39, 0.29) is 0 Å². The van der Waals surface area contributed by atoms with Crippen LogP contribution in [-0.4, -0.2) is 19.5 Å². The van der Waals surface area contributed by atoms with Gasteiger partial charge in [-0.1, -0.05) is 187 Å². The SMILES string of the molecule is Cc1cccc(-c2ccc3c4ccc(-c5cccc(C)c5)cc4n(-c4ccc(-c5cccc6c5sc5ccccc56)cc4-c4nc(-c5ccccc5)nc(-c5ccccc5)n4)c3c2)c1. The number of aromatic nitrogens is 4. The lowest BCUT2D eigenvalue weighted by Crippen LogP contribution is -2.04. The molecule has 0 aliphatic rings. The molecule has 0 bridgehead atoms. The molecule has 3 heterocycles. The molecule has 0 spiro atoms. The van der Waals surface area contributed by atoms with E-state index in [0.29, 0.717) is 17.5 Å². The number of hydrogen-bond acceptors (Lipinski definition) is 4. The zero-order valence-electron chi connectivity index (χ0n) is 35.3.